The highest BCUT2D eigenvalue weighted by molar-refractivity contribution is 5.95. The van der Waals surface area contributed by atoms with Gasteiger partial charge in [0.25, 0.3) is 5.91 Å². The van der Waals surface area contributed by atoms with E-state index in [1.807, 2.05) is 11.8 Å². The number of amides is 1. The molecule has 2 atom stereocenters. The summed E-state index contributed by atoms with van der Waals surface area (Å²) in [5, 5.41) is 0. The highest BCUT2D eigenvalue weighted by Crippen LogP contribution is 2.28. The fraction of sp³-hybridized carbons (Fsp3) is 0.500. The van der Waals surface area contributed by atoms with Crippen LogP contribution in [0.4, 0.5) is 10.1 Å². The maximum Gasteiger partial charge on any atom is 0.254 e. The summed E-state index contributed by atoms with van der Waals surface area (Å²) in [4.78, 5) is 14.3. The Bertz CT molecular complexity index is 461. The molecular formula is C14H19FN2O. The third-order valence-corrected chi connectivity index (χ3v) is 3.74. The topological polar surface area (TPSA) is 46.3 Å². The van der Waals surface area contributed by atoms with Crippen LogP contribution in [0.2, 0.25) is 0 Å². The van der Waals surface area contributed by atoms with Crippen LogP contribution in [0.25, 0.3) is 0 Å². The minimum atomic E-state index is -0.527. The molecule has 1 fully saturated rings. The van der Waals surface area contributed by atoms with Crippen molar-refractivity contribution in [2.45, 2.75) is 45.2 Å². The zero-order valence-corrected chi connectivity index (χ0v) is 10.8. The lowest BCUT2D eigenvalue weighted by molar-refractivity contribution is 0.0676. The second-order valence-electron chi connectivity index (χ2n) is 4.94. The van der Waals surface area contributed by atoms with Crippen molar-refractivity contribution in [3.05, 3.63) is 29.6 Å². The molecule has 2 rings (SSSR count). The molecule has 98 valence electrons. The van der Waals surface area contributed by atoms with Crippen molar-refractivity contribution in [2.24, 2.45) is 0 Å². The number of anilines is 1. The molecule has 1 amide bonds. The minimum Gasteiger partial charge on any atom is -0.396 e. The lowest BCUT2D eigenvalue weighted by atomic mass is 10.1. The zero-order valence-electron chi connectivity index (χ0n) is 10.8. The molecule has 1 aromatic carbocycles. The normalized spacial score (nSPS) is 23.4. The van der Waals surface area contributed by atoms with E-state index >= 15 is 0 Å². The van der Waals surface area contributed by atoms with Crippen molar-refractivity contribution in [3.63, 3.8) is 0 Å². The van der Waals surface area contributed by atoms with Crippen molar-refractivity contribution in [3.8, 4) is 0 Å². The fourth-order valence-corrected chi connectivity index (χ4v) is 2.65. The summed E-state index contributed by atoms with van der Waals surface area (Å²) in [7, 11) is 0. The van der Waals surface area contributed by atoms with Gasteiger partial charge < -0.3 is 10.6 Å². The number of nitrogens with two attached hydrogens (primary N) is 1. The summed E-state index contributed by atoms with van der Waals surface area (Å²) in [5.41, 5.74) is 5.88. The van der Waals surface area contributed by atoms with Crippen LogP contribution in [0.15, 0.2) is 18.2 Å². The van der Waals surface area contributed by atoms with Gasteiger partial charge in [0.05, 0.1) is 5.69 Å². The first-order chi connectivity index (χ1) is 8.54. The Morgan fingerprint density at radius 1 is 1.50 bits per heavy atom. The van der Waals surface area contributed by atoms with Crippen molar-refractivity contribution >= 4 is 11.6 Å². The molecule has 18 heavy (non-hydrogen) atoms. The predicted molar refractivity (Wildman–Crippen MR) is 69.8 cm³/mol. The van der Waals surface area contributed by atoms with Gasteiger partial charge in [-0.15, -0.1) is 0 Å². The first-order valence-electron chi connectivity index (χ1n) is 6.42. The molecule has 0 aliphatic carbocycles. The highest BCUT2D eigenvalue weighted by Gasteiger charge is 2.33. The number of hydrogen-bond acceptors (Lipinski definition) is 2. The van der Waals surface area contributed by atoms with Gasteiger partial charge >= 0.3 is 0 Å². The average Bonchev–Trinajstić information content (AvgIpc) is 2.73. The molecule has 3 nitrogen and oxygen atoms in total. The van der Waals surface area contributed by atoms with E-state index in [1.165, 1.54) is 12.1 Å². The van der Waals surface area contributed by atoms with Gasteiger partial charge in [-0.25, -0.2) is 4.39 Å². The number of halogens is 1. The number of nitrogen functional groups attached to an aromatic ring is 1. The van der Waals surface area contributed by atoms with E-state index in [9.17, 15) is 9.18 Å². The Kier molecular flexibility index (Phi) is 3.55. The van der Waals surface area contributed by atoms with Crippen LogP contribution in [0.3, 0.4) is 0 Å². The number of nitrogens with zero attached hydrogens (tertiary/aromatic N) is 1. The number of carbonyl (C=O) groups excluding carboxylic acids is 1. The smallest absolute Gasteiger partial charge is 0.254 e. The summed E-state index contributed by atoms with van der Waals surface area (Å²) in [5.74, 6) is -0.619. The third-order valence-electron chi connectivity index (χ3n) is 3.74. The monoisotopic (exact) mass is 250 g/mol. The van der Waals surface area contributed by atoms with E-state index in [0.29, 0.717) is 5.56 Å². The molecule has 0 radical (unpaired) electrons. The first kappa shape index (κ1) is 12.9. The van der Waals surface area contributed by atoms with Crippen molar-refractivity contribution < 1.29 is 9.18 Å². The van der Waals surface area contributed by atoms with Crippen LogP contribution in [0.5, 0.6) is 0 Å². The lowest BCUT2D eigenvalue weighted by Crippen LogP contribution is -2.39. The van der Waals surface area contributed by atoms with Crippen molar-refractivity contribution in [1.29, 1.82) is 0 Å². The highest BCUT2D eigenvalue weighted by atomic mass is 19.1. The van der Waals surface area contributed by atoms with Gasteiger partial charge in [0.1, 0.15) is 5.82 Å². The third kappa shape index (κ3) is 2.19. The molecule has 1 saturated heterocycles. The van der Waals surface area contributed by atoms with Gasteiger partial charge in [0.2, 0.25) is 0 Å². The van der Waals surface area contributed by atoms with Gasteiger partial charge in [-0.3, -0.25) is 4.79 Å². The van der Waals surface area contributed by atoms with Gasteiger partial charge in [-0.1, -0.05) is 6.92 Å². The molecule has 2 unspecified atom stereocenters. The summed E-state index contributed by atoms with van der Waals surface area (Å²) in [6.45, 7) is 4.12. The van der Waals surface area contributed by atoms with E-state index in [-0.39, 0.29) is 23.7 Å². The number of hydrogen-bond donors (Lipinski definition) is 1. The van der Waals surface area contributed by atoms with Crippen LogP contribution in [0.1, 0.15) is 43.5 Å². The van der Waals surface area contributed by atoms with Crippen molar-refractivity contribution in [2.75, 3.05) is 5.73 Å². The standard InChI is InChI=1S/C14H19FN2O/c1-3-11-6-4-9(2)17(11)14(18)10-5-7-13(16)12(15)8-10/h5,7-9,11H,3-4,6,16H2,1-2H3. The molecule has 4 heteroatoms. The second-order valence-corrected chi connectivity index (χ2v) is 4.94. The van der Waals surface area contributed by atoms with E-state index in [1.54, 1.807) is 6.07 Å². The molecule has 0 spiro atoms. The quantitative estimate of drug-likeness (QED) is 0.820. The van der Waals surface area contributed by atoms with Crippen LogP contribution in [-0.2, 0) is 0 Å². The van der Waals surface area contributed by atoms with E-state index in [4.69, 9.17) is 5.73 Å². The number of likely N-dealkylation sites (tertiary alicyclic amines) is 1. The summed E-state index contributed by atoms with van der Waals surface area (Å²) >= 11 is 0. The molecule has 0 aromatic heterocycles. The molecule has 0 bridgehead atoms. The van der Waals surface area contributed by atoms with Crippen molar-refractivity contribution in [1.82, 2.24) is 4.90 Å². The zero-order chi connectivity index (χ0) is 13.3. The SMILES string of the molecule is CCC1CCC(C)N1C(=O)c1ccc(N)c(F)c1. The Morgan fingerprint density at radius 2 is 2.22 bits per heavy atom. The minimum absolute atomic E-state index is 0.0769. The summed E-state index contributed by atoms with van der Waals surface area (Å²) < 4.78 is 13.4. The van der Waals surface area contributed by atoms with Gasteiger partial charge in [0.15, 0.2) is 0 Å². The predicted octanol–water partition coefficient (Wildman–Crippen LogP) is 2.81. The lowest BCUT2D eigenvalue weighted by Gasteiger charge is -2.28. The first-order valence-corrected chi connectivity index (χ1v) is 6.42. The van der Waals surface area contributed by atoms with Crippen LogP contribution >= 0.6 is 0 Å². The number of benzene rings is 1. The van der Waals surface area contributed by atoms with E-state index in [2.05, 4.69) is 6.92 Å². The summed E-state index contributed by atoms with van der Waals surface area (Å²) in [6, 6.07) is 4.77. The molecule has 0 saturated carbocycles. The Morgan fingerprint density at radius 3 is 2.83 bits per heavy atom. The van der Waals surface area contributed by atoms with E-state index < -0.39 is 5.82 Å². The maximum atomic E-state index is 13.4. The molecule has 1 aliphatic heterocycles. The molecule has 1 heterocycles. The second kappa shape index (κ2) is 4.96. The van der Waals surface area contributed by atoms with E-state index in [0.717, 1.165) is 19.3 Å². The van der Waals surface area contributed by atoms with Crippen LogP contribution in [-0.4, -0.2) is 22.9 Å². The van der Waals surface area contributed by atoms with Gasteiger partial charge in [0, 0.05) is 17.6 Å². The molecule has 2 N–H and O–H groups in total. The maximum absolute atomic E-state index is 13.4. The Labute approximate surface area is 107 Å². The molecule has 1 aromatic rings. The average molecular weight is 250 g/mol. The van der Waals surface area contributed by atoms with Gasteiger partial charge in [-0.2, -0.15) is 0 Å². The Balaban J connectivity index is 2.27. The fourth-order valence-electron chi connectivity index (χ4n) is 2.65. The van der Waals surface area contributed by atoms with Crippen LogP contribution in [0, 0.1) is 5.82 Å². The van der Waals surface area contributed by atoms with Gasteiger partial charge in [-0.05, 0) is 44.4 Å². The molecule has 1 aliphatic rings. The molecular weight excluding hydrogens is 231 g/mol. The number of rotatable bonds is 2. The Hall–Kier alpha value is -1.58. The van der Waals surface area contributed by atoms with Crippen LogP contribution < -0.4 is 5.73 Å². The largest absolute Gasteiger partial charge is 0.396 e. The summed E-state index contributed by atoms with van der Waals surface area (Å²) in [6.07, 6.45) is 2.98. The number of carbonyl (C=O) groups is 1.